The van der Waals surface area contributed by atoms with Gasteiger partial charge in [0.05, 0.1) is 25.0 Å². The topological polar surface area (TPSA) is 133 Å². The summed E-state index contributed by atoms with van der Waals surface area (Å²) in [6.45, 7) is 41.6. The lowest BCUT2D eigenvalue weighted by Crippen LogP contribution is -2.43. The number of carboxylic acid groups (broad SMARTS) is 2. The zero-order valence-corrected chi connectivity index (χ0v) is 43.0. The van der Waals surface area contributed by atoms with Crippen molar-refractivity contribution in [1.29, 1.82) is 0 Å². The van der Waals surface area contributed by atoms with Crippen molar-refractivity contribution in [1.82, 2.24) is 10.2 Å². The van der Waals surface area contributed by atoms with E-state index in [9.17, 15) is 19.2 Å². The predicted octanol–water partition coefficient (Wildman–Crippen LogP) is 11.0. The number of aliphatic carboxylic acids is 2. The highest BCUT2D eigenvalue weighted by Gasteiger charge is 2.40. The molecule has 1 amide bonds. The minimum Gasteiger partial charge on any atom is -0.481 e. The zero-order chi connectivity index (χ0) is 43.6. The summed E-state index contributed by atoms with van der Waals surface area (Å²) in [5.74, 6) is -1.42. The van der Waals surface area contributed by atoms with E-state index < -0.39 is 55.1 Å². The molecule has 1 saturated heterocycles. The monoisotopic (exact) mass is 846 g/mol. The van der Waals surface area contributed by atoms with Gasteiger partial charge in [-0.2, -0.15) is 0 Å². The Morgan fingerprint density at radius 2 is 1.36 bits per heavy atom. The lowest BCUT2D eigenvalue weighted by atomic mass is 9.81. The van der Waals surface area contributed by atoms with Crippen LogP contribution in [0.25, 0.3) is 0 Å². The summed E-state index contributed by atoms with van der Waals surface area (Å²) in [6, 6.07) is 3.57. The number of carbonyl (C=O) groups excluding carboxylic acids is 2. The maximum Gasteiger partial charge on any atom is 1.00 e. The van der Waals surface area contributed by atoms with Crippen molar-refractivity contribution in [3.63, 3.8) is 0 Å². The molecule has 1 heterocycles. The van der Waals surface area contributed by atoms with Crippen LogP contribution in [-0.4, -0.2) is 103 Å². The van der Waals surface area contributed by atoms with Crippen LogP contribution in [0.3, 0.4) is 0 Å². The number of hydrogen-bond acceptors (Lipinski definition) is 6. The van der Waals surface area contributed by atoms with Gasteiger partial charge in [-0.05, 0) is 90.9 Å². The molecule has 0 bridgehead atoms. The van der Waals surface area contributed by atoms with E-state index in [4.69, 9.17) is 14.9 Å². The first kappa shape index (κ1) is 55.5. The predicted molar refractivity (Wildman–Crippen MR) is 246 cm³/mol. The average molecular weight is 847 g/mol. The van der Waals surface area contributed by atoms with Crippen molar-refractivity contribution in [2.75, 3.05) is 13.1 Å². The number of amides is 1. The van der Waals surface area contributed by atoms with Gasteiger partial charge in [0.25, 0.3) is 0 Å². The summed E-state index contributed by atoms with van der Waals surface area (Å²) < 4.78 is 6.18. The minimum atomic E-state index is -1.33. The first-order valence-corrected chi connectivity index (χ1v) is 35.8. The molecule has 324 valence electrons. The Labute approximate surface area is 344 Å². The van der Waals surface area contributed by atoms with Crippen molar-refractivity contribution in [2.45, 2.75) is 208 Å². The van der Waals surface area contributed by atoms with Crippen LogP contribution < -0.4 is 5.32 Å². The maximum atomic E-state index is 13.2. The maximum absolute atomic E-state index is 13.2. The fourth-order valence-corrected chi connectivity index (χ4v) is 11.9. The van der Waals surface area contributed by atoms with Gasteiger partial charge in [-0.15, -0.1) is 0 Å². The third-order valence-corrected chi connectivity index (χ3v) is 16.1. The molecule has 1 aliphatic rings. The standard InChI is InChI=1S/C21H43NO3Si2.C12H23NO4.C9H22Si2/c1-10-21(3,14-17(2)22-13-11-12-19(22)23)20(24)25-18(15-26(4,5)6)16-27(7,8)9;1-4-12(3,11(16)17)8-9(2)13-7-5-6-10(14)15;1-10(2,3)8-7-9-11(4,5)6/h17-18H,10-16H2,1-9H3;9,13H,4-8H2,1-3H3,(H,14,15)(H,16,17);7-8H,9H2,1-6H3/p+1/b;;8-7-. The third-order valence-electron chi connectivity index (χ3n) is 10.1. The highest BCUT2D eigenvalue weighted by Crippen LogP contribution is 2.34. The molecule has 3 N–H and O–H groups in total. The Balaban J connectivity index is -0.000000829. The second-order valence-corrected chi connectivity index (χ2v) is 43.2. The smallest absolute Gasteiger partial charge is 0.481 e. The molecule has 9 nitrogen and oxygen atoms in total. The summed E-state index contributed by atoms with van der Waals surface area (Å²) in [4.78, 5) is 48.6. The quantitative estimate of drug-likeness (QED) is 0.0557. The van der Waals surface area contributed by atoms with Crippen molar-refractivity contribution in [3.05, 3.63) is 11.8 Å². The van der Waals surface area contributed by atoms with E-state index in [1.807, 2.05) is 25.7 Å². The molecule has 0 aliphatic carbocycles. The van der Waals surface area contributed by atoms with E-state index in [-0.39, 0.29) is 37.9 Å². The van der Waals surface area contributed by atoms with Gasteiger partial charge in [-0.1, -0.05) is 104 Å². The van der Waals surface area contributed by atoms with Gasteiger partial charge in [-0.3, -0.25) is 19.2 Å². The summed E-state index contributed by atoms with van der Waals surface area (Å²) in [5, 5.41) is 20.7. The molecule has 0 aromatic carbocycles. The molecule has 0 saturated carbocycles. The van der Waals surface area contributed by atoms with Gasteiger partial charge in [-0.25, -0.2) is 0 Å². The Morgan fingerprint density at radius 1 is 0.855 bits per heavy atom. The van der Waals surface area contributed by atoms with Crippen LogP contribution in [0.1, 0.15) is 94.3 Å². The molecule has 4 unspecified atom stereocenters. The molecule has 55 heavy (non-hydrogen) atoms. The first-order chi connectivity index (χ1) is 24.7. The molecule has 13 heteroatoms. The Hall–Kier alpha value is -1.55. The van der Waals surface area contributed by atoms with E-state index in [2.05, 4.69) is 110 Å². The van der Waals surface area contributed by atoms with E-state index in [1.54, 1.807) is 6.92 Å². The van der Waals surface area contributed by atoms with Gasteiger partial charge < -0.3 is 25.2 Å². The fraction of sp³-hybridized carbons (Fsp3) is 0.857. The number of hydrogen-bond donors (Lipinski definition) is 3. The van der Waals surface area contributed by atoms with Gasteiger partial charge in [0.1, 0.15) is 0 Å². The number of rotatable bonds is 22. The second kappa shape index (κ2) is 24.4. The lowest BCUT2D eigenvalue weighted by Gasteiger charge is -2.36. The van der Waals surface area contributed by atoms with Crippen LogP contribution in [0, 0.1) is 10.8 Å². The number of likely N-dealkylation sites (tertiary alicyclic amines) is 1. The number of nitrogens with zero attached hydrogens (tertiary/aromatic N) is 1. The van der Waals surface area contributed by atoms with Crippen molar-refractivity contribution < 1.29 is 35.6 Å². The van der Waals surface area contributed by atoms with E-state index in [0.717, 1.165) is 31.5 Å². The summed E-state index contributed by atoms with van der Waals surface area (Å²) in [6.07, 6.45) is 7.31. The normalized spacial score (nSPS) is 17.4. The number of allylic oxidation sites excluding steroid dienone is 1. The number of ether oxygens (including phenoxy) is 1. The molecule has 1 aliphatic heterocycles. The van der Waals surface area contributed by atoms with Crippen LogP contribution in [0.5, 0.6) is 0 Å². The number of esters is 1. The van der Waals surface area contributed by atoms with Crippen LogP contribution in [-0.2, 0) is 23.9 Å². The SMILES string of the molecule is CCC(C)(CC(C)N1CCCC1=O)C(=O)OC(C[Si](C)(C)C)C[Si](C)(C)C.CCC(C)(CC(C)NCCCC(=O)O)C(=O)O.C[Si](C)(C)/C=C\C[Si](C)(C)C.[H+]. The number of nitrogens with one attached hydrogen (secondary N) is 1. The zero-order valence-electron chi connectivity index (χ0n) is 40.0. The van der Waals surface area contributed by atoms with E-state index in [0.29, 0.717) is 38.6 Å². The average Bonchev–Trinajstić information content (AvgIpc) is 3.42. The van der Waals surface area contributed by atoms with Gasteiger partial charge in [0.15, 0.2) is 0 Å². The molecule has 1 fully saturated rings. The van der Waals surface area contributed by atoms with Gasteiger partial charge in [0.2, 0.25) is 5.91 Å². The van der Waals surface area contributed by atoms with Crippen LogP contribution in [0.15, 0.2) is 11.8 Å². The van der Waals surface area contributed by atoms with Crippen LogP contribution in [0.4, 0.5) is 0 Å². The first-order valence-electron chi connectivity index (χ1n) is 21.1. The molecule has 4 atom stereocenters. The number of carbonyl (C=O) groups is 4. The van der Waals surface area contributed by atoms with Crippen LogP contribution >= 0.6 is 0 Å². The molecule has 0 aromatic rings. The molecular formula is C42H89N2O7Si4+. The summed E-state index contributed by atoms with van der Waals surface area (Å²) in [7, 11) is -4.39. The number of carboxylic acids is 2. The van der Waals surface area contributed by atoms with Crippen molar-refractivity contribution in [2.24, 2.45) is 10.8 Å². The molecular weight excluding hydrogens is 757 g/mol. The van der Waals surface area contributed by atoms with Crippen molar-refractivity contribution >= 4 is 56.1 Å². The molecule has 0 spiro atoms. The third kappa shape index (κ3) is 27.7. The highest BCUT2D eigenvalue weighted by atomic mass is 28.3. The summed E-state index contributed by atoms with van der Waals surface area (Å²) in [5.41, 5.74) is 1.23. The Bertz CT molecular complexity index is 1200. The minimum absolute atomic E-state index is 0. The second-order valence-electron chi connectivity index (χ2n) is 21.5. The molecule has 1 rings (SSSR count). The van der Waals surface area contributed by atoms with Crippen molar-refractivity contribution in [3.8, 4) is 0 Å². The Kier molecular flexibility index (Phi) is 24.6. The largest absolute Gasteiger partial charge is 1.00 e. The highest BCUT2D eigenvalue weighted by molar-refractivity contribution is 6.81. The van der Waals surface area contributed by atoms with Crippen LogP contribution in [0.2, 0.25) is 96.7 Å². The Morgan fingerprint density at radius 3 is 1.73 bits per heavy atom. The van der Waals surface area contributed by atoms with Gasteiger partial charge in [0, 0.05) is 55.7 Å². The summed E-state index contributed by atoms with van der Waals surface area (Å²) >= 11 is 0. The fourth-order valence-electron chi connectivity index (χ4n) is 6.57. The molecule has 0 radical (unpaired) electrons. The van der Waals surface area contributed by atoms with E-state index in [1.165, 1.54) is 6.04 Å². The van der Waals surface area contributed by atoms with Gasteiger partial charge >= 0.3 is 19.3 Å². The molecule has 0 aromatic heterocycles. The van der Waals surface area contributed by atoms with E-state index >= 15 is 0 Å². The lowest BCUT2D eigenvalue weighted by molar-refractivity contribution is -0.161.